The molecule has 1 aliphatic carbocycles. The third kappa shape index (κ3) is 3.05. The van der Waals surface area contributed by atoms with E-state index in [0.29, 0.717) is 11.7 Å². The first-order chi connectivity index (χ1) is 11.1. The van der Waals surface area contributed by atoms with Crippen LogP contribution in [0.25, 0.3) is 0 Å². The second kappa shape index (κ2) is 6.15. The molecule has 0 spiro atoms. The van der Waals surface area contributed by atoms with Crippen LogP contribution < -0.4 is 5.32 Å². The van der Waals surface area contributed by atoms with Gasteiger partial charge in [0.2, 0.25) is 0 Å². The molecule has 2 heterocycles. The molecule has 1 aliphatic rings. The van der Waals surface area contributed by atoms with E-state index in [2.05, 4.69) is 20.5 Å². The van der Waals surface area contributed by atoms with Crippen molar-refractivity contribution in [2.75, 3.05) is 0 Å². The van der Waals surface area contributed by atoms with E-state index >= 15 is 0 Å². The summed E-state index contributed by atoms with van der Waals surface area (Å²) in [7, 11) is 1.90. The zero-order valence-corrected chi connectivity index (χ0v) is 12.7. The van der Waals surface area contributed by atoms with E-state index in [1.165, 1.54) is 18.6 Å². The molecule has 0 radical (unpaired) electrons. The van der Waals surface area contributed by atoms with Crippen LogP contribution in [0, 0.1) is 0 Å². The van der Waals surface area contributed by atoms with Crippen LogP contribution in [0.2, 0.25) is 0 Å². The number of aromatic nitrogens is 4. The Hall–Kier alpha value is -2.77. The summed E-state index contributed by atoms with van der Waals surface area (Å²) in [6, 6.07) is 2.73. The van der Waals surface area contributed by atoms with Crippen LogP contribution in [0.4, 0.5) is 0 Å². The van der Waals surface area contributed by atoms with E-state index in [1.807, 2.05) is 11.6 Å². The zero-order valence-electron chi connectivity index (χ0n) is 12.7. The lowest BCUT2D eigenvalue weighted by Gasteiger charge is -2.24. The molecule has 8 nitrogen and oxygen atoms in total. The highest BCUT2D eigenvalue weighted by Gasteiger charge is 2.25. The summed E-state index contributed by atoms with van der Waals surface area (Å²) in [4.78, 5) is 26.7. The summed E-state index contributed by atoms with van der Waals surface area (Å²) in [6.07, 6.45) is 4.66. The first-order valence-electron chi connectivity index (χ1n) is 7.42. The summed E-state index contributed by atoms with van der Waals surface area (Å²) in [6.45, 7) is 0.247. The van der Waals surface area contributed by atoms with Gasteiger partial charge < -0.3 is 15.0 Å². The highest BCUT2D eigenvalue weighted by molar-refractivity contribution is 5.93. The number of carbonyl (C=O) groups excluding carboxylic acids is 1. The third-order valence-corrected chi connectivity index (χ3v) is 4.12. The molecule has 8 heteroatoms. The number of hydrogen-bond acceptors (Lipinski definition) is 5. The monoisotopic (exact) mass is 315 g/mol. The molecule has 2 aromatic heterocycles. The highest BCUT2D eigenvalue weighted by Crippen LogP contribution is 2.34. The third-order valence-electron chi connectivity index (χ3n) is 4.12. The fourth-order valence-corrected chi connectivity index (χ4v) is 2.46. The minimum absolute atomic E-state index is 0.0417. The minimum Gasteiger partial charge on any atom is -0.478 e. The first-order valence-corrected chi connectivity index (χ1v) is 7.42. The van der Waals surface area contributed by atoms with Crippen molar-refractivity contribution in [2.24, 2.45) is 7.05 Å². The van der Waals surface area contributed by atoms with Crippen LogP contribution in [0.5, 0.6) is 0 Å². The Morgan fingerprint density at radius 1 is 1.35 bits per heavy atom. The van der Waals surface area contributed by atoms with Crippen molar-refractivity contribution in [2.45, 2.75) is 31.7 Å². The Balaban J connectivity index is 1.62. The fraction of sp³-hybridized carbons (Fsp3) is 0.400. The topological polar surface area (TPSA) is 110 Å². The van der Waals surface area contributed by atoms with Gasteiger partial charge >= 0.3 is 5.97 Å². The van der Waals surface area contributed by atoms with Crippen LogP contribution in [-0.4, -0.2) is 36.7 Å². The van der Waals surface area contributed by atoms with Gasteiger partial charge in [-0.1, -0.05) is 6.42 Å². The van der Waals surface area contributed by atoms with E-state index in [4.69, 9.17) is 5.11 Å². The number of aromatic carboxylic acids is 1. The highest BCUT2D eigenvalue weighted by atomic mass is 16.4. The lowest BCUT2D eigenvalue weighted by molar-refractivity contribution is 0.0695. The van der Waals surface area contributed by atoms with Gasteiger partial charge in [-0.05, 0) is 25.0 Å². The summed E-state index contributed by atoms with van der Waals surface area (Å²) in [5.41, 5.74) is 0.205. The van der Waals surface area contributed by atoms with Crippen LogP contribution in [0.3, 0.4) is 0 Å². The number of nitrogens with zero attached hydrogens (tertiary/aromatic N) is 4. The van der Waals surface area contributed by atoms with Crippen molar-refractivity contribution in [3.8, 4) is 0 Å². The van der Waals surface area contributed by atoms with Crippen LogP contribution in [0.15, 0.2) is 18.3 Å². The number of carboxylic acids is 1. The quantitative estimate of drug-likeness (QED) is 0.855. The van der Waals surface area contributed by atoms with Crippen LogP contribution in [-0.2, 0) is 13.6 Å². The number of carbonyl (C=O) groups is 2. The second-order valence-electron chi connectivity index (χ2n) is 5.58. The number of carboxylic acid groups (broad SMARTS) is 1. The molecule has 3 rings (SSSR count). The standard InChI is InChI=1S/C15H17N5O3/c1-20-12(18-19-13(20)9-3-2-4-9)8-17-14(21)11-6-5-10(7-16-11)15(22)23/h5-7,9H,2-4,8H2,1H3,(H,17,21)(H,22,23). The lowest BCUT2D eigenvalue weighted by Crippen LogP contribution is -2.25. The SMILES string of the molecule is Cn1c(CNC(=O)c2ccc(C(=O)O)cn2)nnc1C1CCC1. The Morgan fingerprint density at radius 2 is 2.13 bits per heavy atom. The molecule has 1 amide bonds. The number of rotatable bonds is 5. The van der Waals surface area contributed by atoms with E-state index in [9.17, 15) is 9.59 Å². The summed E-state index contributed by atoms with van der Waals surface area (Å²) < 4.78 is 1.92. The minimum atomic E-state index is -1.08. The molecule has 2 aromatic rings. The molecule has 0 atom stereocenters. The van der Waals surface area contributed by atoms with Crippen molar-refractivity contribution < 1.29 is 14.7 Å². The molecule has 120 valence electrons. The first kappa shape index (κ1) is 15.1. The fourth-order valence-electron chi connectivity index (χ4n) is 2.46. The van der Waals surface area contributed by atoms with E-state index < -0.39 is 5.97 Å². The van der Waals surface area contributed by atoms with Crippen LogP contribution >= 0.6 is 0 Å². The molecule has 0 saturated heterocycles. The van der Waals surface area contributed by atoms with Gasteiger partial charge in [-0.2, -0.15) is 0 Å². The average Bonchev–Trinajstić information content (AvgIpc) is 2.84. The maximum atomic E-state index is 12.0. The number of pyridine rings is 1. The maximum absolute atomic E-state index is 12.0. The molecule has 2 N–H and O–H groups in total. The maximum Gasteiger partial charge on any atom is 0.337 e. The van der Waals surface area contributed by atoms with Crippen molar-refractivity contribution in [3.63, 3.8) is 0 Å². The molecule has 23 heavy (non-hydrogen) atoms. The lowest BCUT2D eigenvalue weighted by atomic mass is 9.85. The average molecular weight is 315 g/mol. The zero-order chi connectivity index (χ0) is 16.4. The number of hydrogen-bond donors (Lipinski definition) is 2. The van der Waals surface area contributed by atoms with E-state index in [-0.39, 0.29) is 23.7 Å². The van der Waals surface area contributed by atoms with Crippen molar-refractivity contribution in [3.05, 3.63) is 41.2 Å². The van der Waals surface area contributed by atoms with Crippen LogP contribution in [0.1, 0.15) is 57.7 Å². The molecule has 0 unspecified atom stereocenters. The Kier molecular flexibility index (Phi) is 4.05. The summed E-state index contributed by atoms with van der Waals surface area (Å²) >= 11 is 0. The number of amides is 1. The molecule has 1 fully saturated rings. The molecule has 1 saturated carbocycles. The largest absolute Gasteiger partial charge is 0.478 e. The molecule has 0 aliphatic heterocycles. The smallest absolute Gasteiger partial charge is 0.337 e. The van der Waals surface area contributed by atoms with Gasteiger partial charge in [-0.15, -0.1) is 10.2 Å². The predicted octanol–water partition coefficient (Wildman–Crippen LogP) is 1.11. The van der Waals surface area contributed by atoms with Crippen molar-refractivity contribution in [1.29, 1.82) is 0 Å². The normalized spacial score (nSPS) is 14.3. The predicted molar refractivity (Wildman–Crippen MR) is 80.0 cm³/mol. The van der Waals surface area contributed by atoms with Gasteiger partial charge in [0.15, 0.2) is 5.82 Å². The summed E-state index contributed by atoms with van der Waals surface area (Å²) in [5.74, 6) is 0.663. The molecule has 0 aromatic carbocycles. The Labute approximate surface area is 132 Å². The van der Waals surface area contributed by atoms with Gasteiger partial charge in [0.25, 0.3) is 5.91 Å². The second-order valence-corrected chi connectivity index (χ2v) is 5.58. The molecular weight excluding hydrogens is 298 g/mol. The van der Waals surface area contributed by atoms with Gasteiger partial charge in [-0.25, -0.2) is 4.79 Å². The van der Waals surface area contributed by atoms with Gasteiger partial charge in [0, 0.05) is 19.2 Å². The van der Waals surface area contributed by atoms with E-state index in [0.717, 1.165) is 24.9 Å². The summed E-state index contributed by atoms with van der Waals surface area (Å²) in [5, 5.41) is 19.9. The van der Waals surface area contributed by atoms with Gasteiger partial charge in [0.1, 0.15) is 11.5 Å². The Morgan fingerprint density at radius 3 is 2.70 bits per heavy atom. The molecular formula is C15H17N5O3. The molecule has 0 bridgehead atoms. The van der Waals surface area contributed by atoms with Gasteiger partial charge in [-0.3, -0.25) is 9.78 Å². The van der Waals surface area contributed by atoms with Crippen molar-refractivity contribution in [1.82, 2.24) is 25.1 Å². The van der Waals surface area contributed by atoms with Gasteiger partial charge in [0.05, 0.1) is 12.1 Å². The number of nitrogens with one attached hydrogen (secondary N) is 1. The van der Waals surface area contributed by atoms with Crippen molar-refractivity contribution >= 4 is 11.9 Å². The van der Waals surface area contributed by atoms with E-state index in [1.54, 1.807) is 0 Å². The Bertz CT molecular complexity index is 734.